The first-order valence-corrected chi connectivity index (χ1v) is 7.78. The number of benzene rings is 1. The number of aromatic nitrogens is 1. The number of nitrogens with zero attached hydrogens (tertiary/aromatic N) is 1. The molecule has 0 amide bonds. The molecule has 3 nitrogen and oxygen atoms in total. The lowest BCUT2D eigenvalue weighted by atomic mass is 9.81. The number of ether oxygens (including phenoxy) is 1. The van der Waals surface area contributed by atoms with Gasteiger partial charge in [-0.25, -0.2) is 9.37 Å². The summed E-state index contributed by atoms with van der Waals surface area (Å²) in [7, 11) is 1.50. The van der Waals surface area contributed by atoms with Crippen LogP contribution in [0.1, 0.15) is 44.9 Å². The molecule has 2 rings (SSSR count). The third-order valence-electron chi connectivity index (χ3n) is 3.97. The second-order valence-electron chi connectivity index (χ2n) is 6.75. The molecule has 4 heteroatoms. The lowest BCUT2D eigenvalue weighted by Gasteiger charge is -2.28. The topological polar surface area (TPSA) is 42.4 Å². The standard InChI is InChI=1S/C19H24FNO2/c1-6-12-7-8-13(15(9-12)18(22)19(2,3)4)14-10-17(23-5)21-11-16(14)20/h7-11,18,22H,6H2,1-5H3/t18-/m1/s1. The van der Waals surface area contributed by atoms with Crippen molar-refractivity contribution >= 4 is 0 Å². The Morgan fingerprint density at radius 2 is 1.91 bits per heavy atom. The zero-order valence-corrected chi connectivity index (χ0v) is 14.4. The second-order valence-corrected chi connectivity index (χ2v) is 6.75. The van der Waals surface area contributed by atoms with Crippen LogP contribution in [0.5, 0.6) is 5.88 Å². The van der Waals surface area contributed by atoms with Crippen molar-refractivity contribution in [1.82, 2.24) is 4.98 Å². The molecular weight excluding hydrogens is 293 g/mol. The van der Waals surface area contributed by atoms with Gasteiger partial charge in [-0.1, -0.05) is 45.9 Å². The first-order chi connectivity index (χ1) is 10.8. The molecule has 0 fully saturated rings. The minimum Gasteiger partial charge on any atom is -0.481 e. The number of hydrogen-bond donors (Lipinski definition) is 1. The van der Waals surface area contributed by atoms with Gasteiger partial charge in [-0.2, -0.15) is 0 Å². The van der Waals surface area contributed by atoms with E-state index in [9.17, 15) is 9.50 Å². The Bertz CT molecular complexity index is 692. The average molecular weight is 317 g/mol. The number of hydrogen-bond acceptors (Lipinski definition) is 3. The van der Waals surface area contributed by atoms with Crippen LogP contribution in [0.25, 0.3) is 11.1 Å². The Balaban J connectivity index is 2.67. The number of aliphatic hydroxyl groups is 1. The molecule has 1 atom stereocenters. The van der Waals surface area contributed by atoms with Crippen LogP contribution in [0.3, 0.4) is 0 Å². The predicted molar refractivity (Wildman–Crippen MR) is 90.0 cm³/mol. The third-order valence-corrected chi connectivity index (χ3v) is 3.97. The maximum absolute atomic E-state index is 14.3. The van der Waals surface area contributed by atoms with Crippen molar-refractivity contribution in [3.63, 3.8) is 0 Å². The minimum absolute atomic E-state index is 0.345. The molecule has 23 heavy (non-hydrogen) atoms. The number of rotatable bonds is 4. The lowest BCUT2D eigenvalue weighted by molar-refractivity contribution is 0.0631. The van der Waals surface area contributed by atoms with Crippen molar-refractivity contribution in [1.29, 1.82) is 0 Å². The van der Waals surface area contributed by atoms with Crippen LogP contribution < -0.4 is 4.74 Å². The summed E-state index contributed by atoms with van der Waals surface area (Å²) in [4.78, 5) is 3.88. The first kappa shape index (κ1) is 17.4. The summed E-state index contributed by atoms with van der Waals surface area (Å²) < 4.78 is 19.4. The molecule has 0 saturated heterocycles. The molecule has 0 radical (unpaired) electrons. The van der Waals surface area contributed by atoms with E-state index < -0.39 is 11.9 Å². The van der Waals surface area contributed by atoms with E-state index in [0.717, 1.165) is 23.7 Å². The molecule has 1 heterocycles. The summed E-state index contributed by atoms with van der Waals surface area (Å²) in [6, 6.07) is 7.34. The van der Waals surface area contributed by atoms with E-state index in [4.69, 9.17) is 4.74 Å². The smallest absolute Gasteiger partial charge is 0.213 e. The monoisotopic (exact) mass is 317 g/mol. The van der Waals surface area contributed by atoms with Crippen LogP contribution in [0.2, 0.25) is 0 Å². The molecule has 0 aliphatic heterocycles. The Morgan fingerprint density at radius 1 is 1.22 bits per heavy atom. The molecule has 2 aromatic rings. The van der Waals surface area contributed by atoms with E-state index in [-0.39, 0.29) is 5.41 Å². The van der Waals surface area contributed by atoms with E-state index in [0.29, 0.717) is 17.0 Å². The fraction of sp³-hybridized carbons (Fsp3) is 0.421. The highest BCUT2D eigenvalue weighted by molar-refractivity contribution is 5.69. The van der Waals surface area contributed by atoms with Crippen molar-refractivity contribution in [3.05, 3.63) is 47.4 Å². The van der Waals surface area contributed by atoms with Gasteiger partial charge in [-0.15, -0.1) is 0 Å². The fourth-order valence-corrected chi connectivity index (χ4v) is 2.51. The summed E-state index contributed by atoms with van der Waals surface area (Å²) in [5, 5.41) is 10.8. The van der Waals surface area contributed by atoms with Gasteiger partial charge in [0.2, 0.25) is 5.88 Å². The zero-order chi connectivity index (χ0) is 17.2. The van der Waals surface area contributed by atoms with Crippen LogP contribution in [-0.2, 0) is 6.42 Å². The third kappa shape index (κ3) is 3.70. The molecule has 0 spiro atoms. The van der Waals surface area contributed by atoms with Crippen molar-refractivity contribution < 1.29 is 14.2 Å². The number of aliphatic hydroxyl groups excluding tert-OH is 1. The Hall–Kier alpha value is -1.94. The van der Waals surface area contributed by atoms with E-state index in [1.165, 1.54) is 7.11 Å². The van der Waals surface area contributed by atoms with Crippen molar-refractivity contribution in [2.45, 2.75) is 40.2 Å². The minimum atomic E-state index is -0.706. The molecule has 0 unspecified atom stereocenters. The summed E-state index contributed by atoms with van der Waals surface area (Å²) in [5.41, 5.74) is 2.53. The maximum atomic E-state index is 14.3. The van der Waals surface area contributed by atoms with Gasteiger partial charge in [0.15, 0.2) is 0 Å². The predicted octanol–water partition coefficient (Wildman–Crippen LogP) is 4.54. The molecule has 1 aromatic heterocycles. The van der Waals surface area contributed by atoms with E-state index >= 15 is 0 Å². The molecule has 1 N–H and O–H groups in total. The van der Waals surface area contributed by atoms with Gasteiger partial charge in [0.1, 0.15) is 5.82 Å². The second kappa shape index (κ2) is 6.67. The fourth-order valence-electron chi connectivity index (χ4n) is 2.51. The normalized spacial score (nSPS) is 13.0. The highest BCUT2D eigenvalue weighted by Crippen LogP contribution is 2.39. The lowest BCUT2D eigenvalue weighted by Crippen LogP contribution is -2.19. The van der Waals surface area contributed by atoms with Crippen LogP contribution in [0.4, 0.5) is 4.39 Å². The molecule has 0 aliphatic rings. The van der Waals surface area contributed by atoms with Crippen LogP contribution in [-0.4, -0.2) is 17.2 Å². The van der Waals surface area contributed by atoms with Crippen molar-refractivity contribution in [3.8, 4) is 17.0 Å². The zero-order valence-electron chi connectivity index (χ0n) is 14.4. The van der Waals surface area contributed by atoms with Gasteiger partial charge < -0.3 is 9.84 Å². The van der Waals surface area contributed by atoms with Gasteiger partial charge in [-0.05, 0) is 28.5 Å². The number of halogens is 1. The Morgan fingerprint density at radius 3 is 2.48 bits per heavy atom. The molecule has 1 aromatic carbocycles. The molecule has 124 valence electrons. The first-order valence-electron chi connectivity index (χ1n) is 7.78. The van der Waals surface area contributed by atoms with Gasteiger partial charge >= 0.3 is 0 Å². The van der Waals surface area contributed by atoms with E-state index in [1.54, 1.807) is 6.07 Å². The molecule has 0 saturated carbocycles. The average Bonchev–Trinajstić information content (AvgIpc) is 2.53. The van der Waals surface area contributed by atoms with Gasteiger partial charge in [0.25, 0.3) is 0 Å². The summed E-state index contributed by atoms with van der Waals surface area (Å²) in [5.74, 6) is -0.0884. The van der Waals surface area contributed by atoms with E-state index in [1.807, 2.05) is 39.0 Å². The summed E-state index contributed by atoms with van der Waals surface area (Å²) >= 11 is 0. The van der Waals surface area contributed by atoms with Crippen LogP contribution in [0, 0.1) is 11.2 Å². The SMILES string of the molecule is CCc1ccc(-c2cc(OC)ncc2F)c([C@@H](O)C(C)(C)C)c1. The van der Waals surface area contributed by atoms with Crippen molar-refractivity contribution in [2.75, 3.05) is 7.11 Å². The Kier molecular flexibility index (Phi) is 5.05. The highest BCUT2D eigenvalue weighted by atomic mass is 19.1. The van der Waals surface area contributed by atoms with Crippen LogP contribution in [0.15, 0.2) is 30.5 Å². The maximum Gasteiger partial charge on any atom is 0.213 e. The number of aryl methyl sites for hydroxylation is 1. The van der Waals surface area contributed by atoms with E-state index in [2.05, 4.69) is 11.9 Å². The quantitative estimate of drug-likeness (QED) is 0.900. The van der Waals surface area contributed by atoms with Gasteiger partial charge in [0, 0.05) is 11.6 Å². The highest BCUT2D eigenvalue weighted by Gasteiger charge is 2.27. The van der Waals surface area contributed by atoms with Crippen molar-refractivity contribution in [2.24, 2.45) is 5.41 Å². The van der Waals surface area contributed by atoms with Crippen LogP contribution >= 0.6 is 0 Å². The number of methoxy groups -OCH3 is 1. The number of pyridine rings is 1. The Labute approximate surface area is 137 Å². The molecule has 0 bridgehead atoms. The summed E-state index contributed by atoms with van der Waals surface area (Å²) in [6.45, 7) is 7.94. The molecular formula is C19H24FNO2. The van der Waals surface area contributed by atoms with Gasteiger partial charge in [0.05, 0.1) is 19.4 Å². The summed E-state index contributed by atoms with van der Waals surface area (Å²) in [6.07, 6.45) is 1.30. The molecule has 0 aliphatic carbocycles. The van der Waals surface area contributed by atoms with Gasteiger partial charge in [-0.3, -0.25) is 0 Å². The largest absolute Gasteiger partial charge is 0.481 e.